The van der Waals surface area contributed by atoms with Crippen LogP contribution in [0.1, 0.15) is 48.0 Å². The third-order valence-electron chi connectivity index (χ3n) is 2.50. The van der Waals surface area contributed by atoms with Gasteiger partial charge in [0.1, 0.15) is 6.10 Å². The van der Waals surface area contributed by atoms with Gasteiger partial charge in [-0.1, -0.05) is 46.7 Å². The number of hydrogen-bond donors (Lipinski definition) is 0. The van der Waals surface area contributed by atoms with Crippen LogP contribution in [0, 0.1) is 10.8 Å². The fourth-order valence-electron chi connectivity index (χ4n) is 1.28. The number of nitrogens with zero attached hydrogens (tertiary/aromatic N) is 1. The van der Waals surface area contributed by atoms with Gasteiger partial charge in [-0.3, -0.25) is 0 Å². The van der Waals surface area contributed by atoms with E-state index in [1.165, 1.54) is 5.71 Å². The first-order valence-electron chi connectivity index (χ1n) is 4.94. The molecule has 0 bridgehead atoms. The first kappa shape index (κ1) is 10.6. The van der Waals surface area contributed by atoms with Crippen LogP contribution in [-0.4, -0.2) is 11.8 Å². The Morgan fingerprint density at radius 2 is 1.69 bits per heavy atom. The third-order valence-corrected chi connectivity index (χ3v) is 2.50. The minimum Gasteiger partial charge on any atom is -0.392 e. The quantitative estimate of drug-likeness (QED) is 0.565. The standard InChI is InChI=1S/C11H21NO/c1-10(2,3)8-7-9(13-12-8)11(4,5)6/h9H,7H2,1-6H3. The van der Waals surface area contributed by atoms with E-state index in [1.807, 2.05) is 0 Å². The maximum atomic E-state index is 5.44. The molecule has 1 rings (SSSR count). The van der Waals surface area contributed by atoms with Gasteiger partial charge in [0.2, 0.25) is 0 Å². The van der Waals surface area contributed by atoms with Gasteiger partial charge in [-0.05, 0) is 0 Å². The zero-order valence-corrected chi connectivity index (χ0v) is 9.64. The summed E-state index contributed by atoms with van der Waals surface area (Å²) in [6.07, 6.45) is 1.23. The first-order valence-corrected chi connectivity index (χ1v) is 4.94. The monoisotopic (exact) mass is 183 g/mol. The summed E-state index contributed by atoms with van der Waals surface area (Å²) in [6.45, 7) is 13.1. The van der Waals surface area contributed by atoms with Crippen LogP contribution in [0.2, 0.25) is 0 Å². The fraction of sp³-hybridized carbons (Fsp3) is 0.909. The van der Waals surface area contributed by atoms with Gasteiger partial charge in [-0.15, -0.1) is 0 Å². The molecule has 0 saturated heterocycles. The third kappa shape index (κ3) is 2.45. The van der Waals surface area contributed by atoms with E-state index < -0.39 is 0 Å². The molecule has 0 saturated carbocycles. The highest BCUT2D eigenvalue weighted by atomic mass is 16.6. The zero-order valence-electron chi connectivity index (χ0n) is 9.64. The van der Waals surface area contributed by atoms with Gasteiger partial charge in [-0.2, -0.15) is 0 Å². The number of rotatable bonds is 0. The lowest BCUT2D eigenvalue weighted by molar-refractivity contribution is 0.00830. The minimum absolute atomic E-state index is 0.153. The number of oxime groups is 1. The summed E-state index contributed by atoms with van der Waals surface area (Å²) >= 11 is 0. The van der Waals surface area contributed by atoms with Crippen molar-refractivity contribution < 1.29 is 4.84 Å². The molecule has 0 spiro atoms. The predicted octanol–water partition coefficient (Wildman–Crippen LogP) is 3.22. The predicted molar refractivity (Wildman–Crippen MR) is 55.8 cm³/mol. The van der Waals surface area contributed by atoms with Crippen molar-refractivity contribution in [2.75, 3.05) is 0 Å². The lowest BCUT2D eigenvalue weighted by atomic mass is 9.81. The van der Waals surface area contributed by atoms with E-state index in [1.54, 1.807) is 0 Å². The highest BCUT2D eigenvalue weighted by molar-refractivity contribution is 5.90. The molecule has 0 amide bonds. The van der Waals surface area contributed by atoms with E-state index >= 15 is 0 Å². The van der Waals surface area contributed by atoms with Crippen molar-refractivity contribution in [3.63, 3.8) is 0 Å². The number of hydrogen-bond acceptors (Lipinski definition) is 2. The maximum absolute atomic E-state index is 5.44. The van der Waals surface area contributed by atoms with Gasteiger partial charge in [0.05, 0.1) is 5.71 Å². The molecule has 0 aromatic heterocycles. The van der Waals surface area contributed by atoms with Crippen molar-refractivity contribution in [1.82, 2.24) is 0 Å². The summed E-state index contributed by atoms with van der Waals surface area (Å²) < 4.78 is 0. The molecule has 0 fully saturated rings. The summed E-state index contributed by atoms with van der Waals surface area (Å²) in [5, 5.41) is 4.17. The van der Waals surface area contributed by atoms with Gasteiger partial charge in [0, 0.05) is 17.3 Å². The maximum Gasteiger partial charge on any atom is 0.137 e. The summed E-state index contributed by atoms with van der Waals surface area (Å²) in [7, 11) is 0. The summed E-state index contributed by atoms with van der Waals surface area (Å²) in [5.74, 6) is 0. The lowest BCUT2D eigenvalue weighted by Crippen LogP contribution is -2.28. The van der Waals surface area contributed by atoms with E-state index in [0.717, 1.165) is 6.42 Å². The zero-order chi connectivity index (χ0) is 10.3. The molecular weight excluding hydrogens is 162 g/mol. The van der Waals surface area contributed by atoms with Crippen molar-refractivity contribution in [3.05, 3.63) is 0 Å². The van der Waals surface area contributed by atoms with Crippen LogP contribution in [0.4, 0.5) is 0 Å². The van der Waals surface area contributed by atoms with Gasteiger partial charge < -0.3 is 4.84 Å². The molecule has 0 aromatic rings. The Labute approximate surface area is 81.3 Å². The van der Waals surface area contributed by atoms with Crippen molar-refractivity contribution in [2.45, 2.75) is 54.1 Å². The average molecular weight is 183 g/mol. The molecule has 1 heterocycles. The van der Waals surface area contributed by atoms with Gasteiger partial charge in [-0.25, -0.2) is 0 Å². The molecule has 1 unspecified atom stereocenters. The molecule has 0 N–H and O–H groups in total. The highest BCUT2D eigenvalue weighted by Gasteiger charge is 2.36. The molecule has 1 aliphatic heterocycles. The lowest BCUT2D eigenvalue weighted by Gasteiger charge is -2.25. The smallest absolute Gasteiger partial charge is 0.137 e. The molecule has 0 aromatic carbocycles. The fourth-order valence-corrected chi connectivity index (χ4v) is 1.28. The Hall–Kier alpha value is -0.530. The second-order valence-corrected chi connectivity index (χ2v) is 5.95. The molecule has 0 radical (unpaired) electrons. The van der Waals surface area contributed by atoms with Crippen LogP contribution in [-0.2, 0) is 4.84 Å². The molecule has 0 aliphatic carbocycles. The van der Waals surface area contributed by atoms with E-state index in [9.17, 15) is 0 Å². The second-order valence-electron chi connectivity index (χ2n) is 5.95. The average Bonchev–Trinajstić information content (AvgIpc) is 2.28. The van der Waals surface area contributed by atoms with E-state index in [2.05, 4.69) is 46.7 Å². The van der Waals surface area contributed by atoms with Gasteiger partial charge >= 0.3 is 0 Å². The van der Waals surface area contributed by atoms with E-state index in [4.69, 9.17) is 4.84 Å². The summed E-state index contributed by atoms with van der Waals surface area (Å²) in [6, 6.07) is 0. The van der Waals surface area contributed by atoms with Crippen LogP contribution in [0.3, 0.4) is 0 Å². The van der Waals surface area contributed by atoms with Crippen LogP contribution < -0.4 is 0 Å². The summed E-state index contributed by atoms with van der Waals surface area (Å²) in [5.41, 5.74) is 1.53. The van der Waals surface area contributed by atoms with Crippen molar-refractivity contribution >= 4 is 5.71 Å². The second kappa shape index (κ2) is 3.00. The molecule has 1 atom stereocenters. The Bertz CT molecular complexity index is 217. The van der Waals surface area contributed by atoms with Crippen molar-refractivity contribution in [2.24, 2.45) is 16.0 Å². The first-order chi connectivity index (χ1) is 5.71. The van der Waals surface area contributed by atoms with Gasteiger partial charge in [0.25, 0.3) is 0 Å². The topological polar surface area (TPSA) is 21.6 Å². The molecule has 76 valence electrons. The summed E-state index contributed by atoms with van der Waals surface area (Å²) in [4.78, 5) is 5.44. The van der Waals surface area contributed by atoms with Crippen molar-refractivity contribution in [3.8, 4) is 0 Å². The Morgan fingerprint density at radius 3 is 1.92 bits per heavy atom. The molecule has 2 heteroatoms. The minimum atomic E-state index is 0.153. The van der Waals surface area contributed by atoms with Crippen LogP contribution >= 0.6 is 0 Å². The van der Waals surface area contributed by atoms with Crippen LogP contribution in [0.5, 0.6) is 0 Å². The van der Waals surface area contributed by atoms with E-state index in [0.29, 0.717) is 0 Å². The molecule has 13 heavy (non-hydrogen) atoms. The molecule has 2 nitrogen and oxygen atoms in total. The molecule has 1 aliphatic rings. The van der Waals surface area contributed by atoms with Crippen molar-refractivity contribution in [1.29, 1.82) is 0 Å². The van der Waals surface area contributed by atoms with Crippen LogP contribution in [0.25, 0.3) is 0 Å². The normalized spacial score (nSPS) is 24.2. The Kier molecular flexibility index (Phi) is 2.44. The van der Waals surface area contributed by atoms with Crippen LogP contribution in [0.15, 0.2) is 5.16 Å². The van der Waals surface area contributed by atoms with E-state index in [-0.39, 0.29) is 16.9 Å². The molecular formula is C11H21NO. The SMILES string of the molecule is CC(C)(C)C1=NOC(C(C)(C)C)C1. The largest absolute Gasteiger partial charge is 0.392 e. The Balaban J connectivity index is 2.63. The Morgan fingerprint density at radius 1 is 1.15 bits per heavy atom. The highest BCUT2D eigenvalue weighted by Crippen LogP contribution is 2.33. The van der Waals surface area contributed by atoms with Gasteiger partial charge in [0.15, 0.2) is 0 Å².